The van der Waals surface area contributed by atoms with E-state index >= 15 is 0 Å². The van der Waals surface area contributed by atoms with Crippen LogP contribution in [0.25, 0.3) is 6.08 Å². The van der Waals surface area contributed by atoms with Crippen molar-refractivity contribution in [1.29, 1.82) is 0 Å². The van der Waals surface area contributed by atoms with Crippen LogP contribution in [0.1, 0.15) is 18.1 Å². The first-order valence-electron chi connectivity index (χ1n) is 7.11. The summed E-state index contributed by atoms with van der Waals surface area (Å²) in [6, 6.07) is 14.0. The van der Waals surface area contributed by atoms with Gasteiger partial charge in [-0.2, -0.15) is 0 Å². The number of amides is 1. The predicted molar refractivity (Wildman–Crippen MR) is 94.5 cm³/mol. The normalized spacial score (nSPS) is 11.0. The number of benzene rings is 2. The largest absolute Gasteiger partial charge is 0.456 e. The molecular formula is C18H15Cl2NO3. The molecule has 0 saturated heterocycles. The first-order valence-corrected chi connectivity index (χ1v) is 7.86. The molecule has 0 bridgehead atoms. The molecule has 4 nitrogen and oxygen atoms in total. The molecule has 0 heterocycles. The topological polar surface area (TPSA) is 55.4 Å². The van der Waals surface area contributed by atoms with Crippen LogP contribution in [-0.4, -0.2) is 11.9 Å². The summed E-state index contributed by atoms with van der Waals surface area (Å²) in [7, 11) is 0. The van der Waals surface area contributed by atoms with E-state index in [1.807, 2.05) is 30.3 Å². The first kappa shape index (κ1) is 18.0. The standard InChI is InChI=1S/C18H15Cl2NO3/c1-12(22)21-17(9-13-5-3-2-4-6-13)18(23)24-11-14-7-8-15(19)10-16(14)20/h2-10H,11H2,1H3,(H,21,22)/b17-9-. The molecule has 0 aliphatic heterocycles. The van der Waals surface area contributed by atoms with Crippen molar-refractivity contribution in [3.8, 4) is 0 Å². The molecule has 0 atom stereocenters. The fraction of sp³-hybridized carbons (Fsp3) is 0.111. The summed E-state index contributed by atoms with van der Waals surface area (Å²) in [6.45, 7) is 1.29. The van der Waals surface area contributed by atoms with Crippen LogP contribution in [0.5, 0.6) is 0 Å². The minimum atomic E-state index is -0.653. The van der Waals surface area contributed by atoms with Crippen molar-refractivity contribution in [2.45, 2.75) is 13.5 Å². The number of carbonyl (C=O) groups is 2. The van der Waals surface area contributed by atoms with Gasteiger partial charge in [0.25, 0.3) is 0 Å². The maximum Gasteiger partial charge on any atom is 0.355 e. The third-order valence-corrected chi connectivity index (χ3v) is 3.60. The minimum absolute atomic E-state index is 0.0272. The van der Waals surface area contributed by atoms with Crippen LogP contribution in [0.4, 0.5) is 0 Å². The zero-order chi connectivity index (χ0) is 17.5. The van der Waals surface area contributed by atoms with Crippen molar-refractivity contribution in [2.24, 2.45) is 0 Å². The van der Waals surface area contributed by atoms with Gasteiger partial charge in [-0.3, -0.25) is 4.79 Å². The first-order chi connectivity index (χ1) is 11.5. The number of halogens is 2. The molecule has 0 aliphatic rings. The maximum absolute atomic E-state index is 12.3. The number of esters is 1. The molecule has 0 saturated carbocycles. The minimum Gasteiger partial charge on any atom is -0.456 e. The van der Waals surface area contributed by atoms with Crippen molar-refractivity contribution in [3.05, 3.63) is 75.4 Å². The zero-order valence-corrected chi connectivity index (χ0v) is 14.4. The molecular weight excluding hydrogens is 349 g/mol. The lowest BCUT2D eigenvalue weighted by atomic mass is 10.2. The van der Waals surface area contributed by atoms with Gasteiger partial charge in [0.05, 0.1) is 0 Å². The van der Waals surface area contributed by atoms with E-state index in [1.165, 1.54) is 6.92 Å². The summed E-state index contributed by atoms with van der Waals surface area (Å²) in [5.74, 6) is -1.02. The van der Waals surface area contributed by atoms with E-state index in [0.29, 0.717) is 15.6 Å². The summed E-state index contributed by atoms with van der Waals surface area (Å²) in [5, 5.41) is 3.39. The molecule has 2 aromatic rings. The van der Waals surface area contributed by atoms with E-state index in [1.54, 1.807) is 24.3 Å². The number of carbonyl (C=O) groups excluding carboxylic acids is 2. The van der Waals surface area contributed by atoms with Gasteiger partial charge < -0.3 is 10.1 Å². The van der Waals surface area contributed by atoms with E-state index in [9.17, 15) is 9.59 Å². The Morgan fingerprint density at radius 1 is 1.12 bits per heavy atom. The number of hydrogen-bond donors (Lipinski definition) is 1. The lowest BCUT2D eigenvalue weighted by Crippen LogP contribution is -2.26. The van der Waals surface area contributed by atoms with Crippen LogP contribution in [0.3, 0.4) is 0 Å². The van der Waals surface area contributed by atoms with E-state index in [2.05, 4.69) is 5.32 Å². The van der Waals surface area contributed by atoms with E-state index in [4.69, 9.17) is 27.9 Å². The Morgan fingerprint density at radius 2 is 1.83 bits per heavy atom. The molecule has 124 valence electrons. The van der Waals surface area contributed by atoms with Crippen LogP contribution >= 0.6 is 23.2 Å². The van der Waals surface area contributed by atoms with Crippen molar-refractivity contribution in [2.75, 3.05) is 0 Å². The lowest BCUT2D eigenvalue weighted by molar-refractivity contribution is -0.141. The highest BCUT2D eigenvalue weighted by Gasteiger charge is 2.14. The van der Waals surface area contributed by atoms with Crippen molar-refractivity contribution < 1.29 is 14.3 Å². The average Bonchev–Trinajstić information content (AvgIpc) is 2.53. The summed E-state index contributed by atoms with van der Waals surface area (Å²) in [6.07, 6.45) is 1.55. The van der Waals surface area contributed by atoms with Crippen molar-refractivity contribution in [1.82, 2.24) is 5.32 Å². The van der Waals surface area contributed by atoms with Crippen LogP contribution in [0, 0.1) is 0 Å². The third kappa shape index (κ3) is 5.41. The third-order valence-electron chi connectivity index (χ3n) is 3.02. The second kappa shape index (κ2) is 8.52. The number of ether oxygens (including phenoxy) is 1. The van der Waals surface area contributed by atoms with Gasteiger partial charge in [-0.1, -0.05) is 59.6 Å². The molecule has 0 aliphatic carbocycles. The van der Waals surface area contributed by atoms with Gasteiger partial charge in [0.15, 0.2) is 0 Å². The quantitative estimate of drug-likeness (QED) is 0.639. The van der Waals surface area contributed by atoms with Crippen LogP contribution in [0.2, 0.25) is 10.0 Å². The fourth-order valence-electron chi connectivity index (χ4n) is 1.91. The molecule has 1 N–H and O–H groups in total. The summed E-state index contributed by atoms with van der Waals surface area (Å²) >= 11 is 11.9. The Bertz CT molecular complexity index is 773. The second-order valence-corrected chi connectivity index (χ2v) is 5.81. The fourth-order valence-corrected chi connectivity index (χ4v) is 2.37. The van der Waals surface area contributed by atoms with Gasteiger partial charge in [0, 0.05) is 22.5 Å². The molecule has 0 aromatic heterocycles. The Kier molecular flexibility index (Phi) is 6.41. The maximum atomic E-state index is 12.3. The smallest absolute Gasteiger partial charge is 0.355 e. The highest BCUT2D eigenvalue weighted by atomic mass is 35.5. The Morgan fingerprint density at radius 3 is 2.46 bits per heavy atom. The Labute approximate surface area is 150 Å². The molecule has 0 unspecified atom stereocenters. The van der Waals surface area contributed by atoms with Gasteiger partial charge in [0.1, 0.15) is 12.3 Å². The number of hydrogen-bond acceptors (Lipinski definition) is 3. The molecule has 2 aromatic carbocycles. The summed E-state index contributed by atoms with van der Waals surface area (Å²) < 4.78 is 5.23. The SMILES string of the molecule is CC(=O)N/C(=C\c1ccccc1)C(=O)OCc1ccc(Cl)cc1Cl. The molecule has 1 amide bonds. The zero-order valence-electron chi connectivity index (χ0n) is 12.9. The Hall–Kier alpha value is -2.30. The van der Waals surface area contributed by atoms with Gasteiger partial charge in [0.2, 0.25) is 5.91 Å². The molecule has 24 heavy (non-hydrogen) atoms. The second-order valence-electron chi connectivity index (χ2n) is 4.96. The predicted octanol–water partition coefficient (Wildman–Crippen LogP) is 4.21. The van der Waals surface area contributed by atoms with E-state index in [-0.39, 0.29) is 18.2 Å². The number of nitrogens with one attached hydrogen (secondary N) is 1. The van der Waals surface area contributed by atoms with Crippen LogP contribution < -0.4 is 5.32 Å². The van der Waals surface area contributed by atoms with Crippen LogP contribution in [-0.2, 0) is 20.9 Å². The summed E-state index contributed by atoms with van der Waals surface area (Å²) in [5.41, 5.74) is 1.44. The van der Waals surface area contributed by atoms with Gasteiger partial charge in [-0.25, -0.2) is 4.79 Å². The van der Waals surface area contributed by atoms with Gasteiger partial charge in [-0.15, -0.1) is 0 Å². The molecule has 0 fully saturated rings. The van der Waals surface area contributed by atoms with Gasteiger partial charge >= 0.3 is 5.97 Å². The van der Waals surface area contributed by atoms with Crippen LogP contribution in [0.15, 0.2) is 54.2 Å². The molecule has 0 radical (unpaired) electrons. The Balaban J connectivity index is 2.13. The van der Waals surface area contributed by atoms with Gasteiger partial charge in [-0.05, 0) is 23.8 Å². The average molecular weight is 364 g/mol. The monoisotopic (exact) mass is 363 g/mol. The lowest BCUT2D eigenvalue weighted by Gasteiger charge is -2.10. The summed E-state index contributed by atoms with van der Waals surface area (Å²) in [4.78, 5) is 23.6. The molecule has 2 rings (SSSR count). The van der Waals surface area contributed by atoms with E-state index < -0.39 is 5.97 Å². The highest BCUT2D eigenvalue weighted by Crippen LogP contribution is 2.22. The molecule has 0 spiro atoms. The number of rotatable bonds is 5. The highest BCUT2D eigenvalue weighted by molar-refractivity contribution is 6.35. The molecule has 6 heteroatoms. The van der Waals surface area contributed by atoms with Crippen molar-refractivity contribution in [3.63, 3.8) is 0 Å². The van der Waals surface area contributed by atoms with E-state index in [0.717, 1.165) is 5.56 Å². The van der Waals surface area contributed by atoms with Crippen molar-refractivity contribution >= 4 is 41.2 Å².